The van der Waals surface area contributed by atoms with Crippen LogP contribution in [0.4, 0.5) is 13.2 Å². The molecule has 12 heteroatoms. The third-order valence-corrected chi connectivity index (χ3v) is 8.26. The topological polar surface area (TPSA) is 68.5 Å². The van der Waals surface area contributed by atoms with Crippen molar-refractivity contribution >= 4 is 33.4 Å². The second-order valence-electron chi connectivity index (χ2n) is 9.99. The zero-order valence-electron chi connectivity index (χ0n) is 22.5. The number of alkyl halides is 3. The van der Waals surface area contributed by atoms with Gasteiger partial charge in [0.05, 0.1) is 16.4 Å². The molecule has 7 nitrogen and oxygen atoms in total. The molecule has 3 aromatic carbocycles. The van der Waals surface area contributed by atoms with Crippen LogP contribution in [0.3, 0.4) is 0 Å². The van der Waals surface area contributed by atoms with Crippen LogP contribution in [0.5, 0.6) is 5.75 Å². The first-order valence-corrected chi connectivity index (χ1v) is 14.3. The van der Waals surface area contributed by atoms with Gasteiger partial charge in [-0.05, 0) is 70.4 Å². The molecular weight excluding hydrogens is 637 g/mol. The van der Waals surface area contributed by atoms with Crippen LogP contribution >= 0.6 is 27.5 Å². The highest BCUT2D eigenvalue weighted by atomic mass is 79.9. The first-order valence-electron chi connectivity index (χ1n) is 13.2. The van der Waals surface area contributed by atoms with Crippen LogP contribution in [0.15, 0.2) is 82.1 Å². The van der Waals surface area contributed by atoms with Gasteiger partial charge in [-0.3, -0.25) is 18.8 Å². The van der Waals surface area contributed by atoms with Gasteiger partial charge >= 0.3 is 11.9 Å². The minimum atomic E-state index is -4.52. The summed E-state index contributed by atoms with van der Waals surface area (Å²) in [5, 5.41) is 3.51. The van der Waals surface area contributed by atoms with Crippen LogP contribution < -0.4 is 15.7 Å². The number of benzene rings is 3. The Hall–Kier alpha value is -3.54. The number of fused-ring (bicyclic) bond motifs is 1. The van der Waals surface area contributed by atoms with Crippen molar-refractivity contribution in [2.45, 2.75) is 45.4 Å². The van der Waals surface area contributed by atoms with Crippen LogP contribution in [0.2, 0.25) is 5.02 Å². The predicted octanol–water partition coefficient (Wildman–Crippen LogP) is 6.33. The molecule has 220 valence electrons. The van der Waals surface area contributed by atoms with Crippen molar-refractivity contribution in [2.75, 3.05) is 6.54 Å². The Bertz CT molecular complexity index is 1640. The summed E-state index contributed by atoms with van der Waals surface area (Å²) in [4.78, 5) is 29.5. The average Bonchev–Trinajstić information content (AvgIpc) is 3.25. The minimum Gasteiger partial charge on any atom is -0.481 e. The number of amides is 1. The molecule has 0 saturated carbocycles. The summed E-state index contributed by atoms with van der Waals surface area (Å²) in [5.74, 6) is -0.445. The van der Waals surface area contributed by atoms with E-state index in [0.29, 0.717) is 42.6 Å². The van der Waals surface area contributed by atoms with E-state index in [0.717, 1.165) is 22.5 Å². The van der Waals surface area contributed by atoms with Crippen LogP contribution in [-0.2, 0) is 26.2 Å². The molecule has 5 rings (SSSR count). The maximum Gasteiger partial charge on any atom is 0.425 e. The van der Waals surface area contributed by atoms with E-state index >= 15 is 0 Å². The summed E-state index contributed by atoms with van der Waals surface area (Å²) in [7, 11) is 0. The van der Waals surface area contributed by atoms with Gasteiger partial charge in [-0.2, -0.15) is 13.2 Å². The van der Waals surface area contributed by atoms with E-state index in [2.05, 4.69) is 26.1 Å². The van der Waals surface area contributed by atoms with Crippen molar-refractivity contribution in [1.82, 2.24) is 19.4 Å². The van der Waals surface area contributed by atoms with E-state index < -0.39 is 23.9 Å². The van der Waals surface area contributed by atoms with Crippen molar-refractivity contribution in [3.05, 3.63) is 115 Å². The summed E-state index contributed by atoms with van der Waals surface area (Å²) in [5.41, 5.74) is 2.53. The lowest BCUT2D eigenvalue weighted by Crippen LogP contribution is -2.37. The smallest absolute Gasteiger partial charge is 0.425 e. The normalized spacial score (nSPS) is 14.3. The molecule has 1 aliphatic rings. The summed E-state index contributed by atoms with van der Waals surface area (Å²) < 4.78 is 47.6. The molecule has 1 unspecified atom stereocenters. The second-order valence-corrected chi connectivity index (χ2v) is 11.2. The summed E-state index contributed by atoms with van der Waals surface area (Å²) in [6, 6.07) is 20.7. The molecule has 0 saturated heterocycles. The number of nitrogens with one attached hydrogen (secondary N) is 1. The fourth-order valence-corrected chi connectivity index (χ4v) is 5.27. The highest BCUT2D eigenvalue weighted by Crippen LogP contribution is 2.28. The number of hydrogen-bond acceptors (Lipinski definition) is 4. The number of carbonyl (C=O) groups is 1. The molecule has 4 aromatic rings. The first kappa shape index (κ1) is 29.9. The molecule has 2 heterocycles. The van der Waals surface area contributed by atoms with Gasteiger partial charge in [-0.25, -0.2) is 4.79 Å². The molecule has 1 aliphatic heterocycles. The molecule has 1 atom stereocenters. The number of imidazole rings is 1. The van der Waals surface area contributed by atoms with Gasteiger partial charge in [0.25, 0.3) is 5.91 Å². The minimum absolute atomic E-state index is 0.00462. The molecule has 0 spiro atoms. The molecule has 1 amide bonds. The van der Waals surface area contributed by atoms with E-state index in [9.17, 15) is 22.8 Å². The Morgan fingerprint density at radius 3 is 2.43 bits per heavy atom. The lowest BCUT2D eigenvalue weighted by Gasteiger charge is -2.28. The largest absolute Gasteiger partial charge is 0.481 e. The van der Waals surface area contributed by atoms with Crippen LogP contribution in [0, 0.1) is 0 Å². The van der Waals surface area contributed by atoms with Crippen LogP contribution in [0.1, 0.15) is 34.2 Å². The summed E-state index contributed by atoms with van der Waals surface area (Å²) in [6.07, 6.45) is -6.52. The Morgan fingerprint density at radius 2 is 1.76 bits per heavy atom. The summed E-state index contributed by atoms with van der Waals surface area (Å²) >= 11 is 9.69. The number of hydrogen-bond donors (Lipinski definition) is 1. The van der Waals surface area contributed by atoms with Gasteiger partial charge in [0, 0.05) is 37.2 Å². The average molecular weight is 664 g/mol. The van der Waals surface area contributed by atoms with Crippen molar-refractivity contribution in [3.8, 4) is 11.4 Å². The number of nitrogens with zero attached hydrogens (tertiary/aromatic N) is 3. The fourth-order valence-electron chi connectivity index (χ4n) is 4.82. The maximum absolute atomic E-state index is 13.7. The number of ether oxygens (including phenoxy) is 1. The molecule has 0 radical (unpaired) electrons. The standard InChI is InChI=1S/C30H27BrClF3N4O3/c1-19(30(33,34)35)42-23-10-8-22(9-11-23)39-27(28(40)36-16-20-5-3-2-4-6-20)26-18-37(13-14-38(26)29(39)41)17-21-7-12-24(31)25(32)15-21/h2-12,15,19H,13-14,16-18H2,1H3,(H,36,40). The zero-order chi connectivity index (χ0) is 30.0. The lowest BCUT2D eigenvalue weighted by atomic mass is 10.1. The number of rotatable bonds is 8. The first-order chi connectivity index (χ1) is 20.0. The van der Waals surface area contributed by atoms with E-state index in [-0.39, 0.29) is 18.0 Å². The van der Waals surface area contributed by atoms with Gasteiger partial charge < -0.3 is 10.1 Å². The molecular formula is C30H27BrClF3N4O3. The van der Waals surface area contributed by atoms with Crippen molar-refractivity contribution in [3.63, 3.8) is 0 Å². The quantitative estimate of drug-likeness (QED) is 0.239. The highest BCUT2D eigenvalue weighted by Gasteiger charge is 2.38. The van der Waals surface area contributed by atoms with Gasteiger partial charge in [-0.15, -0.1) is 0 Å². The molecule has 1 aromatic heterocycles. The number of halogens is 5. The van der Waals surface area contributed by atoms with Crippen molar-refractivity contribution in [2.24, 2.45) is 0 Å². The van der Waals surface area contributed by atoms with E-state index in [4.69, 9.17) is 16.3 Å². The Kier molecular flexibility index (Phi) is 8.81. The Labute approximate surface area is 253 Å². The number of aromatic nitrogens is 2. The Balaban J connectivity index is 1.48. The predicted molar refractivity (Wildman–Crippen MR) is 157 cm³/mol. The van der Waals surface area contributed by atoms with E-state index in [1.54, 1.807) is 4.57 Å². The van der Waals surface area contributed by atoms with E-state index in [1.165, 1.54) is 28.8 Å². The third-order valence-electron chi connectivity index (χ3n) is 7.03. The van der Waals surface area contributed by atoms with Crippen molar-refractivity contribution < 1.29 is 22.7 Å². The molecule has 0 bridgehead atoms. The molecule has 42 heavy (non-hydrogen) atoms. The molecule has 0 fully saturated rings. The lowest BCUT2D eigenvalue weighted by molar-refractivity contribution is -0.189. The third kappa shape index (κ3) is 6.58. The maximum atomic E-state index is 13.7. The van der Waals surface area contributed by atoms with Gasteiger partial charge in [0.1, 0.15) is 11.4 Å². The Morgan fingerprint density at radius 1 is 1.05 bits per heavy atom. The second kappa shape index (κ2) is 12.4. The SMILES string of the molecule is CC(Oc1ccc(-n2c(C(=O)NCc3ccccc3)c3n(c2=O)CCN(Cc2ccc(Br)c(Cl)c2)C3)cc1)C(F)(F)F. The fraction of sp³-hybridized carbons (Fsp3) is 0.267. The van der Waals surface area contributed by atoms with Crippen molar-refractivity contribution in [1.29, 1.82) is 0 Å². The molecule has 1 N–H and O–H groups in total. The van der Waals surface area contributed by atoms with Gasteiger partial charge in [-0.1, -0.05) is 48.0 Å². The van der Waals surface area contributed by atoms with Crippen LogP contribution in [-0.4, -0.2) is 38.8 Å². The summed E-state index contributed by atoms with van der Waals surface area (Å²) in [6.45, 7) is 2.98. The molecule has 0 aliphatic carbocycles. The van der Waals surface area contributed by atoms with Gasteiger partial charge in [0.15, 0.2) is 6.10 Å². The number of carbonyl (C=O) groups excluding carboxylic acids is 1. The monoisotopic (exact) mass is 662 g/mol. The highest BCUT2D eigenvalue weighted by molar-refractivity contribution is 9.10. The van der Waals surface area contributed by atoms with Gasteiger partial charge in [0.2, 0.25) is 0 Å². The van der Waals surface area contributed by atoms with E-state index in [1.807, 2.05) is 48.5 Å². The van der Waals surface area contributed by atoms with Crippen LogP contribution in [0.25, 0.3) is 5.69 Å². The zero-order valence-corrected chi connectivity index (χ0v) is 24.8.